The molecule has 0 aliphatic carbocycles. The van der Waals surface area contributed by atoms with Crippen LogP contribution >= 0.6 is 0 Å². The van der Waals surface area contributed by atoms with Gasteiger partial charge >= 0.3 is 0 Å². The second kappa shape index (κ2) is 4.80. The summed E-state index contributed by atoms with van der Waals surface area (Å²) in [4.78, 5) is 2.04. The van der Waals surface area contributed by atoms with Gasteiger partial charge in [0.1, 0.15) is 5.82 Å². The lowest BCUT2D eigenvalue weighted by atomic mass is 9.96. The number of hydrogen-bond acceptors (Lipinski definition) is 2. The van der Waals surface area contributed by atoms with E-state index in [4.69, 9.17) is 5.73 Å². The zero-order valence-electron chi connectivity index (χ0n) is 11.4. The van der Waals surface area contributed by atoms with Gasteiger partial charge in [0.2, 0.25) is 0 Å². The van der Waals surface area contributed by atoms with Crippen LogP contribution in [0.1, 0.15) is 38.8 Å². The maximum Gasteiger partial charge on any atom is 0.161 e. The van der Waals surface area contributed by atoms with Crippen LogP contribution in [0.5, 0.6) is 0 Å². The van der Waals surface area contributed by atoms with Crippen molar-refractivity contribution in [2.75, 3.05) is 6.54 Å². The van der Waals surface area contributed by atoms with Gasteiger partial charge in [0.25, 0.3) is 0 Å². The Balaban J connectivity index is 2.46. The second-order valence-electron chi connectivity index (χ2n) is 6.05. The summed E-state index contributed by atoms with van der Waals surface area (Å²) in [6, 6.07) is 0.823. The summed E-state index contributed by atoms with van der Waals surface area (Å²) in [5.74, 6) is -2.95. The molecule has 2 rings (SSSR count). The number of hydrogen-bond donors (Lipinski definition) is 1. The number of benzene rings is 1. The lowest BCUT2D eigenvalue weighted by Crippen LogP contribution is -2.43. The van der Waals surface area contributed by atoms with E-state index >= 15 is 0 Å². The second-order valence-corrected chi connectivity index (χ2v) is 6.05. The Morgan fingerprint density at radius 2 is 1.68 bits per heavy atom. The lowest BCUT2D eigenvalue weighted by molar-refractivity contribution is 0.114. The predicted molar refractivity (Wildman–Crippen MR) is 68.1 cm³/mol. The smallest absolute Gasteiger partial charge is 0.161 e. The first-order valence-electron chi connectivity index (χ1n) is 6.38. The Hall–Kier alpha value is -1.07. The van der Waals surface area contributed by atoms with Gasteiger partial charge in [0.15, 0.2) is 11.6 Å². The molecule has 0 saturated carbocycles. The van der Waals surface area contributed by atoms with Crippen LogP contribution in [0.15, 0.2) is 12.1 Å². The van der Waals surface area contributed by atoms with E-state index in [1.54, 1.807) is 0 Å². The quantitative estimate of drug-likeness (QED) is 0.796. The molecule has 0 spiro atoms. The first kappa shape index (κ1) is 14.3. The standard InChI is InChI=1S/C14H19F3N2/c1-14(2,3)19-5-4-12(18)13(19)8-6-10(16)11(17)7-9(8)15/h6-7,12-13H,4-5,18H2,1-3H3. The first-order chi connectivity index (χ1) is 8.71. The molecule has 0 bridgehead atoms. The fourth-order valence-corrected chi connectivity index (χ4v) is 2.73. The third kappa shape index (κ3) is 2.62. The highest BCUT2D eigenvalue weighted by atomic mass is 19.2. The topological polar surface area (TPSA) is 29.3 Å². The van der Waals surface area contributed by atoms with Gasteiger partial charge in [-0.3, -0.25) is 4.90 Å². The Labute approximate surface area is 111 Å². The van der Waals surface area contributed by atoms with Gasteiger partial charge in [-0.1, -0.05) is 0 Å². The molecule has 1 fully saturated rings. The molecule has 2 nitrogen and oxygen atoms in total. The molecule has 1 aliphatic rings. The van der Waals surface area contributed by atoms with Crippen LogP contribution in [0.3, 0.4) is 0 Å². The van der Waals surface area contributed by atoms with E-state index in [-0.39, 0.29) is 17.1 Å². The van der Waals surface area contributed by atoms with Crippen molar-refractivity contribution in [3.8, 4) is 0 Å². The van der Waals surface area contributed by atoms with Crippen molar-refractivity contribution in [3.63, 3.8) is 0 Å². The van der Waals surface area contributed by atoms with Gasteiger partial charge in [-0.25, -0.2) is 13.2 Å². The third-order valence-electron chi connectivity index (χ3n) is 3.66. The van der Waals surface area contributed by atoms with Crippen molar-refractivity contribution in [2.45, 2.75) is 44.8 Å². The highest BCUT2D eigenvalue weighted by molar-refractivity contribution is 5.26. The maximum absolute atomic E-state index is 13.9. The summed E-state index contributed by atoms with van der Waals surface area (Å²) in [6.45, 7) is 6.70. The van der Waals surface area contributed by atoms with Gasteiger partial charge in [-0.15, -0.1) is 0 Å². The number of nitrogens with two attached hydrogens (primary N) is 1. The van der Waals surface area contributed by atoms with Crippen molar-refractivity contribution >= 4 is 0 Å². The van der Waals surface area contributed by atoms with E-state index in [0.29, 0.717) is 19.0 Å². The molecule has 1 aromatic rings. The van der Waals surface area contributed by atoms with Crippen LogP contribution in [0.25, 0.3) is 0 Å². The highest BCUT2D eigenvalue weighted by Crippen LogP contribution is 2.38. The summed E-state index contributed by atoms with van der Waals surface area (Å²) in [5.41, 5.74) is 5.96. The molecule has 2 atom stereocenters. The first-order valence-corrected chi connectivity index (χ1v) is 6.38. The van der Waals surface area contributed by atoms with E-state index < -0.39 is 23.5 Å². The molecule has 0 amide bonds. The molecule has 2 unspecified atom stereocenters. The summed E-state index contributed by atoms with van der Waals surface area (Å²) in [6.07, 6.45) is 0.709. The van der Waals surface area contributed by atoms with Gasteiger partial charge in [0.05, 0.1) is 6.04 Å². The lowest BCUT2D eigenvalue weighted by Gasteiger charge is -2.38. The summed E-state index contributed by atoms with van der Waals surface area (Å²) < 4.78 is 40.3. The largest absolute Gasteiger partial charge is 0.326 e. The van der Waals surface area contributed by atoms with E-state index in [0.717, 1.165) is 6.07 Å². The zero-order chi connectivity index (χ0) is 14.4. The van der Waals surface area contributed by atoms with Crippen LogP contribution in [0.4, 0.5) is 13.2 Å². The Kier molecular flexibility index (Phi) is 3.62. The van der Waals surface area contributed by atoms with Crippen LogP contribution in [-0.4, -0.2) is 23.0 Å². The van der Waals surface area contributed by atoms with Crippen LogP contribution in [-0.2, 0) is 0 Å². The monoisotopic (exact) mass is 272 g/mol. The molecule has 19 heavy (non-hydrogen) atoms. The fraction of sp³-hybridized carbons (Fsp3) is 0.571. The average molecular weight is 272 g/mol. The minimum atomic E-state index is -1.17. The van der Waals surface area contributed by atoms with Gasteiger partial charge < -0.3 is 5.73 Å². The van der Waals surface area contributed by atoms with Crippen molar-refractivity contribution in [3.05, 3.63) is 35.1 Å². The molecular formula is C14H19F3N2. The molecule has 1 heterocycles. The summed E-state index contributed by atoms with van der Waals surface area (Å²) in [5, 5.41) is 0. The van der Waals surface area contributed by atoms with E-state index in [2.05, 4.69) is 0 Å². The minimum Gasteiger partial charge on any atom is -0.326 e. The van der Waals surface area contributed by atoms with Crippen molar-refractivity contribution in [1.82, 2.24) is 4.90 Å². The Bertz CT molecular complexity index is 482. The number of nitrogens with zero attached hydrogens (tertiary/aromatic N) is 1. The van der Waals surface area contributed by atoms with Gasteiger partial charge in [0, 0.05) is 29.8 Å². The number of rotatable bonds is 1. The van der Waals surface area contributed by atoms with Crippen LogP contribution < -0.4 is 5.73 Å². The van der Waals surface area contributed by atoms with Crippen LogP contribution in [0, 0.1) is 17.5 Å². The van der Waals surface area contributed by atoms with Crippen molar-refractivity contribution < 1.29 is 13.2 Å². The minimum absolute atomic E-state index is 0.138. The molecule has 106 valence electrons. The maximum atomic E-state index is 13.9. The molecule has 0 aromatic heterocycles. The zero-order valence-corrected chi connectivity index (χ0v) is 11.4. The predicted octanol–water partition coefficient (Wildman–Crippen LogP) is 2.98. The molecule has 2 N–H and O–H groups in total. The van der Waals surface area contributed by atoms with Gasteiger partial charge in [-0.05, 0) is 33.3 Å². The van der Waals surface area contributed by atoms with Crippen LogP contribution in [0.2, 0.25) is 0 Å². The summed E-state index contributed by atoms with van der Waals surface area (Å²) in [7, 11) is 0. The third-order valence-corrected chi connectivity index (χ3v) is 3.66. The van der Waals surface area contributed by atoms with Crippen molar-refractivity contribution in [1.29, 1.82) is 0 Å². The number of halogens is 3. The number of likely N-dealkylation sites (tertiary alicyclic amines) is 1. The molecular weight excluding hydrogens is 253 g/mol. The van der Waals surface area contributed by atoms with E-state index in [9.17, 15) is 13.2 Å². The summed E-state index contributed by atoms with van der Waals surface area (Å²) >= 11 is 0. The SMILES string of the molecule is CC(C)(C)N1CCC(N)C1c1cc(F)c(F)cc1F. The van der Waals surface area contributed by atoms with Crippen molar-refractivity contribution in [2.24, 2.45) is 5.73 Å². The molecule has 0 radical (unpaired) electrons. The molecule has 1 aromatic carbocycles. The highest BCUT2D eigenvalue weighted by Gasteiger charge is 2.40. The normalized spacial score (nSPS) is 25.0. The Morgan fingerprint density at radius 3 is 2.26 bits per heavy atom. The molecule has 1 aliphatic heterocycles. The van der Waals surface area contributed by atoms with Gasteiger partial charge in [-0.2, -0.15) is 0 Å². The van der Waals surface area contributed by atoms with E-state index in [1.807, 2.05) is 25.7 Å². The Morgan fingerprint density at radius 1 is 1.11 bits per heavy atom. The average Bonchev–Trinajstić information content (AvgIpc) is 2.65. The fourth-order valence-electron chi connectivity index (χ4n) is 2.73. The molecule has 5 heteroatoms. The molecule has 1 saturated heterocycles. The van der Waals surface area contributed by atoms with E-state index in [1.165, 1.54) is 0 Å².